The van der Waals surface area contributed by atoms with Crippen molar-refractivity contribution in [2.45, 2.75) is 101 Å². The van der Waals surface area contributed by atoms with Crippen molar-refractivity contribution >= 4 is 0 Å². The van der Waals surface area contributed by atoms with E-state index in [-0.39, 0.29) is 28.3 Å². The van der Waals surface area contributed by atoms with Gasteiger partial charge in [0.2, 0.25) is 0 Å². The fourth-order valence-corrected chi connectivity index (χ4v) is 9.73. The minimum atomic E-state index is -0.879. The molecular formula is C30H43NO4. The van der Waals surface area contributed by atoms with Gasteiger partial charge in [0, 0.05) is 42.0 Å². The highest BCUT2D eigenvalue weighted by atomic mass is 16.6. The van der Waals surface area contributed by atoms with Crippen molar-refractivity contribution in [1.82, 2.24) is 4.90 Å². The van der Waals surface area contributed by atoms with Crippen LogP contribution in [0, 0.1) is 22.7 Å². The second kappa shape index (κ2) is 6.76. The van der Waals surface area contributed by atoms with E-state index in [4.69, 9.17) is 14.2 Å². The average molecular weight is 482 g/mol. The first-order valence-electron chi connectivity index (χ1n) is 13.9. The number of rotatable bonds is 5. The molecular weight excluding hydrogens is 438 g/mol. The number of hydrogen-bond donors (Lipinski definition) is 1. The predicted octanol–water partition coefficient (Wildman–Crippen LogP) is 4.72. The summed E-state index contributed by atoms with van der Waals surface area (Å²) in [4.78, 5) is 2.86. The number of benzene rings is 1. The first-order valence-corrected chi connectivity index (χ1v) is 13.9. The Morgan fingerprint density at radius 2 is 1.89 bits per heavy atom. The van der Waals surface area contributed by atoms with Crippen LogP contribution < -0.4 is 9.47 Å². The maximum absolute atomic E-state index is 12.3. The summed E-state index contributed by atoms with van der Waals surface area (Å²) in [7, 11) is 3.63. The molecule has 4 bridgehead atoms. The molecule has 1 saturated heterocycles. The molecule has 1 N–H and O–H groups in total. The second-order valence-corrected chi connectivity index (χ2v) is 14.0. The molecule has 4 saturated carbocycles. The lowest BCUT2D eigenvalue weighted by atomic mass is 9.33. The summed E-state index contributed by atoms with van der Waals surface area (Å²) in [5.74, 6) is 2.71. The largest absolute Gasteiger partial charge is 0.493 e. The molecule has 35 heavy (non-hydrogen) atoms. The van der Waals surface area contributed by atoms with Gasteiger partial charge in [0.1, 0.15) is 11.7 Å². The van der Waals surface area contributed by atoms with E-state index < -0.39 is 11.2 Å². The number of hydrogen-bond acceptors (Lipinski definition) is 5. The Labute approximate surface area is 210 Å². The van der Waals surface area contributed by atoms with Crippen LogP contribution in [0.2, 0.25) is 0 Å². The highest BCUT2D eigenvalue weighted by Crippen LogP contribution is 2.78. The van der Waals surface area contributed by atoms with Crippen LogP contribution in [0.15, 0.2) is 12.1 Å². The van der Waals surface area contributed by atoms with E-state index in [1.807, 2.05) is 7.11 Å². The summed E-state index contributed by atoms with van der Waals surface area (Å²) in [6.07, 6.45) is 8.00. The molecule has 0 amide bonds. The summed E-state index contributed by atoms with van der Waals surface area (Å²) in [5, 5.41) is 12.3. The number of nitrogens with zero attached hydrogens (tertiary/aromatic N) is 1. The molecule has 192 valence electrons. The molecule has 5 fully saturated rings. The van der Waals surface area contributed by atoms with Gasteiger partial charge in [-0.05, 0) is 81.4 Å². The van der Waals surface area contributed by atoms with Crippen LogP contribution in [0.25, 0.3) is 0 Å². The summed E-state index contributed by atoms with van der Waals surface area (Å²) in [6, 6.07) is 4.93. The SMILES string of the molecule is COc1ccc2c3c1OC1C4(OC)CCC5(CC4C(C)(O)C(C)(C)C)C(C2)N(CC2CC2)CC[C@]315. The molecule has 6 unspecified atom stereocenters. The maximum atomic E-state index is 12.3. The zero-order valence-electron chi connectivity index (χ0n) is 22.4. The highest BCUT2D eigenvalue weighted by Gasteiger charge is 2.82. The molecule has 5 nitrogen and oxygen atoms in total. The van der Waals surface area contributed by atoms with Crippen molar-refractivity contribution in [3.8, 4) is 11.5 Å². The molecule has 8 rings (SSSR count). The molecule has 2 aliphatic heterocycles. The fraction of sp³-hybridized carbons (Fsp3) is 0.800. The lowest BCUT2D eigenvalue weighted by Crippen LogP contribution is -2.83. The average Bonchev–Trinajstić information content (AvgIpc) is 3.56. The second-order valence-electron chi connectivity index (χ2n) is 14.0. The summed E-state index contributed by atoms with van der Waals surface area (Å²) < 4.78 is 19.6. The number of fused-ring (bicyclic) bond motifs is 2. The van der Waals surface area contributed by atoms with Gasteiger partial charge in [-0.25, -0.2) is 0 Å². The van der Waals surface area contributed by atoms with Crippen LogP contribution in [0.5, 0.6) is 11.5 Å². The maximum Gasteiger partial charge on any atom is 0.165 e. The van der Waals surface area contributed by atoms with Crippen molar-refractivity contribution in [2.75, 3.05) is 27.3 Å². The van der Waals surface area contributed by atoms with Gasteiger partial charge in [-0.1, -0.05) is 26.8 Å². The van der Waals surface area contributed by atoms with Crippen molar-refractivity contribution in [3.63, 3.8) is 0 Å². The van der Waals surface area contributed by atoms with Crippen molar-refractivity contribution in [3.05, 3.63) is 23.3 Å². The van der Waals surface area contributed by atoms with Gasteiger partial charge >= 0.3 is 0 Å². The lowest BCUT2D eigenvalue weighted by molar-refractivity contribution is -0.312. The van der Waals surface area contributed by atoms with Crippen molar-refractivity contribution in [2.24, 2.45) is 22.7 Å². The Morgan fingerprint density at radius 3 is 2.54 bits per heavy atom. The molecule has 7 aliphatic rings. The molecule has 2 heterocycles. The van der Waals surface area contributed by atoms with E-state index in [9.17, 15) is 5.11 Å². The van der Waals surface area contributed by atoms with Crippen LogP contribution in [0.1, 0.15) is 77.3 Å². The zero-order valence-corrected chi connectivity index (χ0v) is 22.4. The molecule has 0 aromatic heterocycles. The molecule has 7 atom stereocenters. The number of aliphatic hydroxyl groups is 1. The summed E-state index contributed by atoms with van der Waals surface area (Å²) in [5.41, 5.74) is 1.26. The molecule has 2 spiro atoms. The number of likely N-dealkylation sites (tertiary alicyclic amines) is 1. The number of methoxy groups -OCH3 is 2. The Hall–Kier alpha value is -1.30. The fourth-order valence-electron chi connectivity index (χ4n) is 9.73. The highest BCUT2D eigenvalue weighted by molar-refractivity contribution is 5.63. The van der Waals surface area contributed by atoms with E-state index in [0.29, 0.717) is 6.04 Å². The molecule has 5 aliphatic carbocycles. The van der Waals surface area contributed by atoms with Crippen LogP contribution in [-0.4, -0.2) is 60.7 Å². The zero-order chi connectivity index (χ0) is 24.6. The number of ether oxygens (including phenoxy) is 3. The molecule has 5 heteroatoms. The van der Waals surface area contributed by atoms with Gasteiger partial charge in [0.25, 0.3) is 0 Å². The minimum Gasteiger partial charge on any atom is -0.493 e. The van der Waals surface area contributed by atoms with E-state index in [1.54, 1.807) is 7.11 Å². The van der Waals surface area contributed by atoms with Crippen LogP contribution in [0.3, 0.4) is 0 Å². The molecule has 0 radical (unpaired) electrons. The Balaban J connectivity index is 1.48. The minimum absolute atomic E-state index is 0.0112. The third-order valence-corrected chi connectivity index (χ3v) is 12.1. The van der Waals surface area contributed by atoms with Crippen LogP contribution in [0.4, 0.5) is 0 Å². The van der Waals surface area contributed by atoms with Gasteiger partial charge in [-0.3, -0.25) is 4.90 Å². The van der Waals surface area contributed by atoms with Gasteiger partial charge in [0.05, 0.1) is 12.7 Å². The van der Waals surface area contributed by atoms with Gasteiger partial charge in [-0.15, -0.1) is 0 Å². The Morgan fingerprint density at radius 1 is 1.11 bits per heavy atom. The van der Waals surface area contributed by atoms with Crippen LogP contribution in [-0.2, 0) is 16.6 Å². The van der Waals surface area contributed by atoms with E-state index in [1.165, 1.54) is 30.5 Å². The van der Waals surface area contributed by atoms with Gasteiger partial charge in [-0.2, -0.15) is 0 Å². The van der Waals surface area contributed by atoms with E-state index in [0.717, 1.165) is 56.1 Å². The lowest BCUT2D eigenvalue weighted by Gasteiger charge is -2.75. The van der Waals surface area contributed by atoms with Gasteiger partial charge < -0.3 is 19.3 Å². The predicted molar refractivity (Wildman–Crippen MR) is 135 cm³/mol. The summed E-state index contributed by atoms with van der Waals surface area (Å²) >= 11 is 0. The first-order chi connectivity index (χ1) is 16.6. The molecule has 1 aromatic rings. The quantitative estimate of drug-likeness (QED) is 0.660. The first kappa shape index (κ1) is 22.9. The number of piperidine rings is 1. The Bertz CT molecular complexity index is 1070. The molecule has 1 aromatic carbocycles. The van der Waals surface area contributed by atoms with Gasteiger partial charge in [0.15, 0.2) is 11.5 Å². The standard InChI is InChI=1S/C30H43NO4/c1-26(2,3)27(4,32)21-16-28-11-12-30(21,34-6)25-29(28)13-14-31(17-18-7-8-18)22(28)15-19-9-10-20(33-5)24(35-25)23(19)29/h9-10,18,21-22,25,32H,7-8,11-17H2,1-6H3/t21?,22?,25?,27?,28?,29-,30?/m0/s1. The van der Waals surface area contributed by atoms with E-state index >= 15 is 0 Å². The summed E-state index contributed by atoms with van der Waals surface area (Å²) in [6.45, 7) is 11.0. The topological polar surface area (TPSA) is 51.2 Å². The van der Waals surface area contributed by atoms with Crippen molar-refractivity contribution in [1.29, 1.82) is 0 Å². The monoisotopic (exact) mass is 481 g/mol. The third-order valence-electron chi connectivity index (χ3n) is 12.1. The normalized spacial score (nSPS) is 42.9. The van der Waals surface area contributed by atoms with Crippen molar-refractivity contribution < 1.29 is 19.3 Å². The Kier molecular flexibility index (Phi) is 4.42. The van der Waals surface area contributed by atoms with Crippen LogP contribution >= 0.6 is 0 Å². The smallest absolute Gasteiger partial charge is 0.165 e. The third kappa shape index (κ3) is 2.47. The van der Waals surface area contributed by atoms with E-state index in [2.05, 4.69) is 44.7 Å².